The molecule has 1 aromatic heterocycles. The topological polar surface area (TPSA) is 66.9 Å². The lowest BCUT2D eigenvalue weighted by atomic mass is 10.2. The molecule has 0 atom stereocenters. The zero-order valence-electron chi connectivity index (χ0n) is 12.8. The number of anilines is 2. The van der Waals surface area contributed by atoms with E-state index in [9.17, 15) is 4.79 Å². The van der Waals surface area contributed by atoms with Gasteiger partial charge in [-0.2, -0.15) is 0 Å². The summed E-state index contributed by atoms with van der Waals surface area (Å²) < 4.78 is 0. The molecule has 0 aliphatic heterocycles. The van der Waals surface area contributed by atoms with Crippen molar-refractivity contribution in [3.05, 3.63) is 29.3 Å². The largest absolute Gasteiger partial charge is 0.325 e. The highest BCUT2D eigenvalue weighted by Crippen LogP contribution is 2.20. The monoisotopic (exact) mass is 336 g/mol. The van der Waals surface area contributed by atoms with Crippen molar-refractivity contribution in [3.8, 4) is 0 Å². The molecule has 2 amide bonds. The Kier molecular flexibility index (Phi) is 6.67. The van der Waals surface area contributed by atoms with Crippen molar-refractivity contribution in [1.29, 1.82) is 0 Å². The van der Waals surface area contributed by atoms with Crippen molar-refractivity contribution in [2.24, 2.45) is 0 Å². The van der Waals surface area contributed by atoms with Gasteiger partial charge in [0.05, 0.1) is 0 Å². The van der Waals surface area contributed by atoms with Crippen molar-refractivity contribution in [2.75, 3.05) is 16.9 Å². The van der Waals surface area contributed by atoms with E-state index in [-0.39, 0.29) is 6.03 Å². The van der Waals surface area contributed by atoms with Gasteiger partial charge in [-0.15, -0.1) is 22.0 Å². The number of unbranched alkanes of at least 4 members (excludes halogenated alkanes) is 2. The molecule has 0 fully saturated rings. The Bertz CT molecular complexity index is 615. The second-order valence-electron chi connectivity index (χ2n) is 4.77. The second-order valence-corrected chi connectivity index (χ2v) is 6.71. The van der Waals surface area contributed by atoms with Gasteiger partial charge in [-0.05, 0) is 30.9 Å². The van der Waals surface area contributed by atoms with E-state index in [1.54, 1.807) is 11.8 Å². The lowest BCUT2D eigenvalue weighted by Gasteiger charge is -2.06. The molecule has 1 heterocycles. The van der Waals surface area contributed by atoms with Crippen molar-refractivity contribution < 1.29 is 4.79 Å². The number of urea groups is 1. The summed E-state index contributed by atoms with van der Waals surface area (Å²) in [5.41, 5.74) is 0.761. The number of thioether (sulfide) groups is 1. The first kappa shape index (κ1) is 16.8. The maximum absolute atomic E-state index is 12.0. The fraction of sp³-hybridized carbons (Fsp3) is 0.400. The summed E-state index contributed by atoms with van der Waals surface area (Å²) in [6, 6.07) is 7.41. The minimum absolute atomic E-state index is 0.297. The molecule has 22 heavy (non-hydrogen) atoms. The molecule has 0 saturated carbocycles. The first-order chi connectivity index (χ1) is 10.7. The molecule has 0 unspecified atom stereocenters. The van der Waals surface area contributed by atoms with Crippen LogP contribution in [0.4, 0.5) is 15.6 Å². The summed E-state index contributed by atoms with van der Waals surface area (Å²) in [7, 11) is 0. The Hall–Kier alpha value is -1.60. The lowest BCUT2D eigenvalue weighted by Crippen LogP contribution is -2.19. The highest BCUT2D eigenvalue weighted by atomic mass is 32.2. The van der Waals surface area contributed by atoms with E-state index in [2.05, 4.69) is 27.8 Å². The summed E-state index contributed by atoms with van der Waals surface area (Å²) in [6.07, 6.45) is 6.40. The van der Waals surface area contributed by atoms with Crippen molar-refractivity contribution in [1.82, 2.24) is 10.2 Å². The Morgan fingerprint density at radius 2 is 2.14 bits per heavy atom. The van der Waals surface area contributed by atoms with Gasteiger partial charge < -0.3 is 5.32 Å². The lowest BCUT2D eigenvalue weighted by molar-refractivity contribution is 0.262. The van der Waals surface area contributed by atoms with Crippen LogP contribution in [-0.4, -0.2) is 22.5 Å². The summed E-state index contributed by atoms with van der Waals surface area (Å²) in [5.74, 6) is 0. The predicted octanol–water partition coefficient (Wildman–Crippen LogP) is 4.64. The summed E-state index contributed by atoms with van der Waals surface area (Å²) in [4.78, 5) is 13.1. The van der Waals surface area contributed by atoms with E-state index >= 15 is 0 Å². The van der Waals surface area contributed by atoms with Crippen LogP contribution >= 0.6 is 23.1 Å². The number of aromatic nitrogens is 2. The number of benzene rings is 1. The molecule has 5 nitrogen and oxygen atoms in total. The average molecular weight is 336 g/mol. The maximum atomic E-state index is 12.0. The quantitative estimate of drug-likeness (QED) is 0.571. The highest BCUT2D eigenvalue weighted by molar-refractivity contribution is 7.98. The van der Waals surface area contributed by atoms with E-state index in [0.29, 0.717) is 5.13 Å². The fourth-order valence-corrected chi connectivity index (χ4v) is 3.13. The van der Waals surface area contributed by atoms with Crippen molar-refractivity contribution >= 4 is 39.9 Å². The molecule has 0 saturated heterocycles. The van der Waals surface area contributed by atoms with E-state index in [1.807, 2.05) is 30.5 Å². The minimum atomic E-state index is -0.297. The van der Waals surface area contributed by atoms with Gasteiger partial charge in [0.2, 0.25) is 5.13 Å². The predicted molar refractivity (Wildman–Crippen MR) is 94.0 cm³/mol. The van der Waals surface area contributed by atoms with Crippen LogP contribution in [0.5, 0.6) is 0 Å². The summed E-state index contributed by atoms with van der Waals surface area (Å²) in [5, 5.41) is 15.1. The van der Waals surface area contributed by atoms with Crippen LogP contribution in [0.1, 0.15) is 31.2 Å². The molecule has 1 aromatic carbocycles. The summed E-state index contributed by atoms with van der Waals surface area (Å²) >= 11 is 3.07. The number of nitrogens with one attached hydrogen (secondary N) is 2. The second kappa shape index (κ2) is 8.75. The Labute approximate surface area is 138 Å². The molecule has 7 heteroatoms. The van der Waals surface area contributed by atoms with E-state index in [0.717, 1.165) is 28.4 Å². The maximum Gasteiger partial charge on any atom is 0.325 e. The van der Waals surface area contributed by atoms with Crippen molar-refractivity contribution in [3.63, 3.8) is 0 Å². The molecular weight excluding hydrogens is 316 g/mol. The Morgan fingerprint density at radius 3 is 2.91 bits per heavy atom. The number of hydrogen-bond donors (Lipinski definition) is 2. The number of nitrogens with zero attached hydrogens (tertiary/aromatic N) is 2. The zero-order valence-corrected chi connectivity index (χ0v) is 14.4. The number of carbonyl (C=O) groups excluding carboxylic acids is 1. The molecule has 118 valence electrons. The van der Waals surface area contributed by atoms with Gasteiger partial charge in [-0.25, -0.2) is 4.79 Å². The van der Waals surface area contributed by atoms with Crippen LogP contribution in [0.25, 0.3) is 0 Å². The van der Waals surface area contributed by atoms with Crippen LogP contribution in [-0.2, 0) is 6.42 Å². The minimum Gasteiger partial charge on any atom is -0.308 e. The highest BCUT2D eigenvalue weighted by Gasteiger charge is 2.08. The third kappa shape index (κ3) is 5.31. The number of amides is 2. The number of rotatable bonds is 7. The molecule has 0 spiro atoms. The van der Waals surface area contributed by atoms with Gasteiger partial charge in [0.15, 0.2) is 0 Å². The Balaban J connectivity index is 1.86. The molecule has 2 N–H and O–H groups in total. The van der Waals surface area contributed by atoms with Crippen molar-refractivity contribution in [2.45, 2.75) is 37.5 Å². The van der Waals surface area contributed by atoms with E-state index < -0.39 is 0 Å². The number of aryl methyl sites for hydroxylation is 1. The van der Waals surface area contributed by atoms with E-state index in [1.165, 1.54) is 24.2 Å². The van der Waals surface area contributed by atoms with Gasteiger partial charge in [-0.3, -0.25) is 5.32 Å². The fourth-order valence-electron chi connectivity index (χ4n) is 1.89. The van der Waals surface area contributed by atoms with Gasteiger partial charge in [0, 0.05) is 17.0 Å². The third-order valence-corrected chi connectivity index (χ3v) is 4.63. The smallest absolute Gasteiger partial charge is 0.308 e. The first-order valence-corrected chi connectivity index (χ1v) is 9.30. The SMILES string of the molecule is CCCCCc1nnc(NC(=O)Nc2cccc(SC)c2)s1. The molecule has 0 radical (unpaired) electrons. The normalized spacial score (nSPS) is 10.5. The molecule has 2 aromatic rings. The van der Waals surface area contributed by atoms with Gasteiger partial charge in [0.25, 0.3) is 0 Å². The van der Waals surface area contributed by atoms with Gasteiger partial charge in [-0.1, -0.05) is 37.2 Å². The van der Waals surface area contributed by atoms with Crippen LogP contribution in [0.3, 0.4) is 0 Å². The first-order valence-electron chi connectivity index (χ1n) is 7.25. The van der Waals surface area contributed by atoms with Crippen LogP contribution in [0.2, 0.25) is 0 Å². The third-order valence-electron chi connectivity index (χ3n) is 3.01. The molecule has 0 aliphatic carbocycles. The van der Waals surface area contributed by atoms with Crippen LogP contribution < -0.4 is 10.6 Å². The summed E-state index contributed by atoms with van der Waals surface area (Å²) in [6.45, 7) is 2.17. The average Bonchev–Trinajstić information content (AvgIpc) is 2.95. The van der Waals surface area contributed by atoms with Crippen LogP contribution in [0, 0.1) is 0 Å². The van der Waals surface area contributed by atoms with Gasteiger partial charge >= 0.3 is 6.03 Å². The molecule has 0 aliphatic rings. The van der Waals surface area contributed by atoms with E-state index in [4.69, 9.17) is 0 Å². The standard InChI is InChI=1S/C15H20N4OS2/c1-3-4-5-9-13-18-19-15(22-13)17-14(20)16-11-7-6-8-12(10-11)21-2/h6-8,10H,3-5,9H2,1-2H3,(H2,16,17,19,20). The van der Waals surface area contributed by atoms with Crippen LogP contribution in [0.15, 0.2) is 29.2 Å². The Morgan fingerprint density at radius 1 is 1.27 bits per heavy atom. The zero-order chi connectivity index (χ0) is 15.8. The number of carbonyl (C=O) groups is 1. The van der Waals surface area contributed by atoms with Gasteiger partial charge in [0.1, 0.15) is 5.01 Å². The number of hydrogen-bond acceptors (Lipinski definition) is 5. The molecule has 0 bridgehead atoms. The molecule has 2 rings (SSSR count). The molecular formula is C15H20N4OS2.